The van der Waals surface area contributed by atoms with Crippen molar-refractivity contribution in [2.45, 2.75) is 77.0 Å². The summed E-state index contributed by atoms with van der Waals surface area (Å²) >= 11 is 0. The summed E-state index contributed by atoms with van der Waals surface area (Å²) in [6.07, 6.45) is 3.23. The Balaban J connectivity index is 2.09. The molecule has 1 aromatic rings. The van der Waals surface area contributed by atoms with Crippen LogP contribution in [0.2, 0.25) is 0 Å². The van der Waals surface area contributed by atoms with Gasteiger partial charge in [0.05, 0.1) is 17.7 Å². The molecule has 1 saturated carbocycles. The van der Waals surface area contributed by atoms with Crippen LogP contribution in [0, 0.1) is 17.6 Å². The number of carbonyl (C=O) groups is 2. The highest BCUT2D eigenvalue weighted by Gasteiger charge is 2.39. The number of β-amino-alcohol motifs (C(OH)–C–C–N with tert-alkyl or cyclic N) is 1. The van der Waals surface area contributed by atoms with Crippen LogP contribution < -0.4 is 16.0 Å². The van der Waals surface area contributed by atoms with Gasteiger partial charge in [-0.15, -0.1) is 0 Å². The number of amides is 2. The summed E-state index contributed by atoms with van der Waals surface area (Å²) < 4.78 is 27.1. The van der Waals surface area contributed by atoms with Crippen molar-refractivity contribution in [2.75, 3.05) is 13.1 Å². The molecule has 2 amide bonds. The van der Waals surface area contributed by atoms with Crippen LogP contribution >= 0.6 is 0 Å². The van der Waals surface area contributed by atoms with Crippen molar-refractivity contribution in [2.24, 2.45) is 5.92 Å². The zero-order valence-electron chi connectivity index (χ0n) is 18.6. The molecule has 0 heterocycles. The van der Waals surface area contributed by atoms with Crippen molar-refractivity contribution >= 4 is 11.8 Å². The van der Waals surface area contributed by atoms with Crippen LogP contribution in [0.5, 0.6) is 0 Å². The van der Waals surface area contributed by atoms with Crippen molar-refractivity contribution in [3.05, 3.63) is 35.4 Å². The summed E-state index contributed by atoms with van der Waals surface area (Å²) in [6, 6.07) is 2.38. The number of rotatable bonds is 10. The highest BCUT2D eigenvalue weighted by molar-refractivity contribution is 5.86. The molecule has 2 atom stereocenters. The van der Waals surface area contributed by atoms with Crippen LogP contribution in [0.15, 0.2) is 18.2 Å². The second-order valence-electron chi connectivity index (χ2n) is 8.98. The SMILES string of the molecule is CC(=O)N[C@@H](Cc1cc(F)cc(F)c1)[C@H](O)CNC1(C(=O)NCC(C)C)CCCCC1. The molecule has 1 aliphatic carbocycles. The van der Waals surface area contributed by atoms with E-state index >= 15 is 0 Å². The Morgan fingerprint density at radius 1 is 1.06 bits per heavy atom. The predicted octanol–water partition coefficient (Wildman–Crippen LogP) is 2.44. The normalized spacial score (nSPS) is 17.8. The molecule has 174 valence electrons. The summed E-state index contributed by atoms with van der Waals surface area (Å²) in [5, 5.41) is 19.7. The van der Waals surface area contributed by atoms with Crippen LogP contribution in [-0.4, -0.2) is 47.7 Å². The monoisotopic (exact) mass is 439 g/mol. The van der Waals surface area contributed by atoms with E-state index in [-0.39, 0.29) is 24.8 Å². The molecule has 6 nitrogen and oxygen atoms in total. The van der Waals surface area contributed by atoms with E-state index < -0.39 is 29.3 Å². The molecule has 1 aliphatic rings. The van der Waals surface area contributed by atoms with Crippen LogP contribution in [0.4, 0.5) is 8.78 Å². The second kappa shape index (κ2) is 11.5. The van der Waals surface area contributed by atoms with Crippen LogP contribution in [-0.2, 0) is 16.0 Å². The van der Waals surface area contributed by atoms with Crippen LogP contribution in [0.1, 0.15) is 58.4 Å². The zero-order chi connectivity index (χ0) is 23.0. The highest BCUT2D eigenvalue weighted by Crippen LogP contribution is 2.28. The fraction of sp³-hybridized carbons (Fsp3) is 0.652. The third-order valence-electron chi connectivity index (χ3n) is 5.69. The van der Waals surface area contributed by atoms with Crippen LogP contribution in [0.25, 0.3) is 0 Å². The van der Waals surface area contributed by atoms with Crippen molar-refractivity contribution in [1.29, 1.82) is 0 Å². The first kappa shape index (κ1) is 25.2. The number of carbonyl (C=O) groups excluding carboxylic acids is 2. The number of aliphatic hydroxyl groups excluding tert-OH is 1. The van der Waals surface area contributed by atoms with Gasteiger partial charge in [0.15, 0.2) is 0 Å². The average molecular weight is 440 g/mol. The summed E-state index contributed by atoms with van der Waals surface area (Å²) in [5.41, 5.74) is -0.433. The van der Waals surface area contributed by atoms with E-state index in [1.54, 1.807) is 0 Å². The Labute approximate surface area is 183 Å². The molecule has 1 fully saturated rings. The van der Waals surface area contributed by atoms with E-state index in [4.69, 9.17) is 0 Å². The van der Waals surface area contributed by atoms with Gasteiger partial charge in [0.2, 0.25) is 11.8 Å². The number of hydrogen-bond acceptors (Lipinski definition) is 4. The maximum Gasteiger partial charge on any atom is 0.240 e. The summed E-state index contributed by atoms with van der Waals surface area (Å²) in [6.45, 7) is 6.01. The topological polar surface area (TPSA) is 90.5 Å². The number of aliphatic hydroxyl groups is 1. The fourth-order valence-corrected chi connectivity index (χ4v) is 4.07. The third-order valence-corrected chi connectivity index (χ3v) is 5.69. The number of halogens is 2. The van der Waals surface area contributed by atoms with Gasteiger partial charge in [-0.3, -0.25) is 9.59 Å². The number of nitrogens with one attached hydrogen (secondary N) is 3. The first-order chi connectivity index (χ1) is 14.6. The van der Waals surface area contributed by atoms with E-state index in [0.717, 1.165) is 25.3 Å². The lowest BCUT2D eigenvalue weighted by Gasteiger charge is -2.38. The van der Waals surface area contributed by atoms with E-state index in [1.807, 2.05) is 13.8 Å². The molecule has 8 heteroatoms. The molecule has 31 heavy (non-hydrogen) atoms. The van der Waals surface area contributed by atoms with Gasteiger partial charge in [-0.1, -0.05) is 33.1 Å². The van der Waals surface area contributed by atoms with Gasteiger partial charge in [0, 0.05) is 26.1 Å². The van der Waals surface area contributed by atoms with Gasteiger partial charge in [0.1, 0.15) is 11.6 Å². The second-order valence-corrected chi connectivity index (χ2v) is 8.98. The Morgan fingerprint density at radius 2 is 1.68 bits per heavy atom. The smallest absolute Gasteiger partial charge is 0.240 e. The molecule has 1 aromatic carbocycles. The lowest BCUT2D eigenvalue weighted by Crippen LogP contribution is -2.61. The lowest BCUT2D eigenvalue weighted by atomic mass is 9.80. The van der Waals surface area contributed by atoms with Crippen molar-refractivity contribution in [3.63, 3.8) is 0 Å². The summed E-state index contributed by atoms with van der Waals surface area (Å²) in [7, 11) is 0. The third kappa shape index (κ3) is 7.85. The van der Waals surface area contributed by atoms with Gasteiger partial charge in [0.25, 0.3) is 0 Å². The molecule has 0 radical (unpaired) electrons. The maximum absolute atomic E-state index is 13.6. The zero-order valence-corrected chi connectivity index (χ0v) is 18.6. The van der Waals surface area contributed by atoms with E-state index in [0.29, 0.717) is 30.9 Å². The van der Waals surface area contributed by atoms with Gasteiger partial charge >= 0.3 is 0 Å². The first-order valence-corrected chi connectivity index (χ1v) is 11.0. The van der Waals surface area contributed by atoms with Gasteiger partial charge in [-0.25, -0.2) is 8.78 Å². The molecular weight excluding hydrogens is 404 g/mol. The Hall–Kier alpha value is -2.06. The minimum atomic E-state index is -1.05. The lowest BCUT2D eigenvalue weighted by molar-refractivity contribution is -0.129. The predicted molar refractivity (Wildman–Crippen MR) is 115 cm³/mol. The van der Waals surface area contributed by atoms with Gasteiger partial charge in [-0.05, 0) is 42.9 Å². The average Bonchev–Trinajstić information content (AvgIpc) is 2.69. The van der Waals surface area contributed by atoms with Crippen molar-refractivity contribution < 1.29 is 23.5 Å². The largest absolute Gasteiger partial charge is 0.390 e. The minimum absolute atomic E-state index is 0.0592. The van der Waals surface area contributed by atoms with Crippen molar-refractivity contribution in [3.8, 4) is 0 Å². The number of benzene rings is 1. The molecule has 0 spiro atoms. The maximum atomic E-state index is 13.6. The molecule has 0 unspecified atom stereocenters. The molecule has 0 saturated heterocycles. The highest BCUT2D eigenvalue weighted by atomic mass is 19.1. The van der Waals surface area contributed by atoms with E-state index in [2.05, 4.69) is 16.0 Å². The van der Waals surface area contributed by atoms with Gasteiger partial charge < -0.3 is 21.1 Å². The minimum Gasteiger partial charge on any atom is -0.390 e. The summed E-state index contributed by atoms with van der Waals surface area (Å²) in [5.74, 6) is -1.54. The first-order valence-electron chi connectivity index (χ1n) is 11.0. The quantitative estimate of drug-likeness (QED) is 0.451. The van der Waals surface area contributed by atoms with Gasteiger partial charge in [-0.2, -0.15) is 0 Å². The van der Waals surface area contributed by atoms with E-state index in [9.17, 15) is 23.5 Å². The Kier molecular flexibility index (Phi) is 9.37. The van der Waals surface area contributed by atoms with E-state index in [1.165, 1.54) is 19.1 Å². The Bertz CT molecular complexity index is 731. The number of hydrogen-bond donors (Lipinski definition) is 4. The molecule has 0 aliphatic heterocycles. The summed E-state index contributed by atoms with van der Waals surface area (Å²) in [4.78, 5) is 24.6. The fourth-order valence-electron chi connectivity index (χ4n) is 4.07. The standard InChI is InChI=1S/C23H35F2N3O3/c1-15(2)13-26-22(31)23(7-5-4-6-8-23)27-14-21(30)20(28-16(3)29)11-17-9-18(24)12-19(25)10-17/h9-10,12,15,20-21,27,30H,4-8,11,13-14H2,1-3H3,(H,26,31)(H,28,29)/t20-,21+/m0/s1. The van der Waals surface area contributed by atoms with Crippen molar-refractivity contribution in [1.82, 2.24) is 16.0 Å². The Morgan fingerprint density at radius 3 is 2.23 bits per heavy atom. The molecular formula is C23H35F2N3O3. The van der Waals surface area contributed by atoms with Crippen LogP contribution in [0.3, 0.4) is 0 Å². The molecule has 4 N–H and O–H groups in total. The molecule has 0 aromatic heterocycles. The molecule has 2 rings (SSSR count). The molecule has 0 bridgehead atoms.